The summed E-state index contributed by atoms with van der Waals surface area (Å²) in [5.41, 5.74) is 0.379. The topological polar surface area (TPSA) is 55.2 Å². The van der Waals surface area contributed by atoms with Gasteiger partial charge in [-0.25, -0.2) is 9.97 Å². The number of hydrogen-bond acceptors (Lipinski definition) is 5. The first-order valence-corrected chi connectivity index (χ1v) is 7.35. The van der Waals surface area contributed by atoms with E-state index in [1.54, 1.807) is 38.0 Å². The molecule has 106 valence electrons. The Morgan fingerprint density at radius 3 is 2.40 bits per heavy atom. The van der Waals surface area contributed by atoms with Gasteiger partial charge in [0.15, 0.2) is 0 Å². The molecule has 0 bridgehead atoms. The number of thioether (sulfide) groups is 1. The molecule has 2 rings (SSSR count). The minimum atomic E-state index is -0.885. The van der Waals surface area contributed by atoms with Gasteiger partial charge < -0.3 is 9.84 Å². The van der Waals surface area contributed by atoms with Gasteiger partial charge in [-0.3, -0.25) is 0 Å². The summed E-state index contributed by atoms with van der Waals surface area (Å²) in [6, 6.07) is 10.5. The molecule has 4 nitrogen and oxygen atoms in total. The first-order chi connectivity index (χ1) is 9.53. The van der Waals surface area contributed by atoms with Crippen LogP contribution in [0.15, 0.2) is 47.6 Å². The number of nitrogens with zero attached hydrogens (tertiary/aromatic N) is 2. The second-order valence-electron chi connectivity index (χ2n) is 5.08. The number of hydrogen-bond donors (Lipinski definition) is 1. The Bertz CT molecular complexity index is 524. The van der Waals surface area contributed by atoms with Gasteiger partial charge in [-0.2, -0.15) is 0 Å². The molecule has 0 fully saturated rings. The van der Waals surface area contributed by atoms with Crippen LogP contribution in [0.1, 0.15) is 19.4 Å². The quantitative estimate of drug-likeness (QED) is 0.829. The zero-order chi connectivity index (χ0) is 14.4. The Morgan fingerprint density at radius 2 is 1.80 bits per heavy atom. The number of ether oxygens (including phenoxy) is 1. The molecule has 1 N–H and O–H groups in total. The van der Waals surface area contributed by atoms with E-state index in [9.17, 15) is 5.11 Å². The first-order valence-electron chi connectivity index (χ1n) is 6.37. The zero-order valence-corrected chi connectivity index (χ0v) is 12.4. The lowest BCUT2D eigenvalue weighted by Gasteiger charge is -2.16. The van der Waals surface area contributed by atoms with Crippen LogP contribution in [0.3, 0.4) is 0 Å². The Hall–Kier alpha value is -1.59. The molecule has 0 atom stereocenters. The second kappa shape index (κ2) is 6.72. The van der Waals surface area contributed by atoms with Crippen molar-refractivity contribution in [3.63, 3.8) is 0 Å². The maximum absolute atomic E-state index is 9.56. The fourth-order valence-electron chi connectivity index (χ4n) is 1.44. The minimum absolute atomic E-state index is 0.170. The standard InChI is InChI=1S/C15H18N2O2S/c1-15(2,18)11-19-14-16-8-13(9-17-14)20-10-12-6-4-3-5-7-12/h3-9,18H,10-11H2,1-2H3. The average molecular weight is 290 g/mol. The normalized spacial score (nSPS) is 11.3. The SMILES string of the molecule is CC(C)(O)COc1ncc(SCc2ccccc2)cn1. The Labute approximate surface area is 123 Å². The third-order valence-corrected chi connectivity index (χ3v) is 3.43. The monoisotopic (exact) mass is 290 g/mol. The van der Waals surface area contributed by atoms with E-state index in [0.29, 0.717) is 0 Å². The van der Waals surface area contributed by atoms with Crippen molar-refractivity contribution < 1.29 is 9.84 Å². The smallest absolute Gasteiger partial charge is 0.316 e. The predicted octanol–water partition coefficient (Wildman–Crippen LogP) is 2.92. The van der Waals surface area contributed by atoms with Gasteiger partial charge in [0.05, 0.1) is 5.60 Å². The Morgan fingerprint density at radius 1 is 1.15 bits per heavy atom. The van der Waals surface area contributed by atoms with Crippen LogP contribution in [0.2, 0.25) is 0 Å². The van der Waals surface area contributed by atoms with Crippen molar-refractivity contribution in [1.29, 1.82) is 0 Å². The average Bonchev–Trinajstić information content (AvgIpc) is 2.44. The molecule has 0 saturated carbocycles. The van der Waals surface area contributed by atoms with Crippen LogP contribution in [0.4, 0.5) is 0 Å². The van der Waals surface area contributed by atoms with Crippen molar-refractivity contribution in [2.45, 2.75) is 30.1 Å². The molecule has 0 spiro atoms. The van der Waals surface area contributed by atoms with Crippen molar-refractivity contribution in [2.75, 3.05) is 6.61 Å². The van der Waals surface area contributed by atoms with E-state index < -0.39 is 5.60 Å². The zero-order valence-electron chi connectivity index (χ0n) is 11.6. The molecule has 0 unspecified atom stereocenters. The van der Waals surface area contributed by atoms with Crippen LogP contribution in [0, 0.1) is 0 Å². The van der Waals surface area contributed by atoms with Crippen LogP contribution in [0.25, 0.3) is 0 Å². The minimum Gasteiger partial charge on any atom is -0.460 e. The highest BCUT2D eigenvalue weighted by Gasteiger charge is 2.14. The Kier molecular flexibility index (Phi) is 4.98. The number of aliphatic hydroxyl groups is 1. The molecule has 0 aliphatic heterocycles. The summed E-state index contributed by atoms with van der Waals surface area (Å²) in [5.74, 6) is 0.883. The molecule has 1 heterocycles. The highest BCUT2D eigenvalue weighted by atomic mass is 32.2. The summed E-state index contributed by atoms with van der Waals surface area (Å²) >= 11 is 1.68. The summed E-state index contributed by atoms with van der Waals surface area (Å²) in [6.45, 7) is 3.53. The van der Waals surface area contributed by atoms with E-state index in [4.69, 9.17) is 4.74 Å². The third kappa shape index (κ3) is 5.19. The lowest BCUT2D eigenvalue weighted by Crippen LogP contribution is -2.28. The van der Waals surface area contributed by atoms with Crippen LogP contribution in [-0.2, 0) is 5.75 Å². The summed E-state index contributed by atoms with van der Waals surface area (Å²) in [7, 11) is 0. The van der Waals surface area contributed by atoms with Gasteiger partial charge in [-0.05, 0) is 19.4 Å². The van der Waals surface area contributed by atoms with E-state index in [0.717, 1.165) is 10.6 Å². The molecule has 5 heteroatoms. The van der Waals surface area contributed by atoms with Crippen molar-refractivity contribution in [1.82, 2.24) is 9.97 Å². The summed E-state index contributed by atoms with van der Waals surface area (Å²) in [4.78, 5) is 9.25. The molecule has 0 aliphatic carbocycles. The lowest BCUT2D eigenvalue weighted by atomic mass is 10.2. The highest BCUT2D eigenvalue weighted by molar-refractivity contribution is 7.98. The van der Waals surface area contributed by atoms with Gasteiger partial charge in [0, 0.05) is 23.0 Å². The van der Waals surface area contributed by atoms with Crippen molar-refractivity contribution in [3.8, 4) is 6.01 Å². The van der Waals surface area contributed by atoms with E-state index in [1.165, 1.54) is 5.56 Å². The van der Waals surface area contributed by atoms with Gasteiger partial charge >= 0.3 is 6.01 Å². The molecule has 0 saturated heterocycles. The van der Waals surface area contributed by atoms with Gasteiger partial charge in [-0.15, -0.1) is 11.8 Å². The lowest BCUT2D eigenvalue weighted by molar-refractivity contribution is 0.0249. The van der Waals surface area contributed by atoms with Crippen molar-refractivity contribution in [3.05, 3.63) is 48.3 Å². The first kappa shape index (κ1) is 14.8. The molecular formula is C15H18N2O2S. The van der Waals surface area contributed by atoms with Crippen LogP contribution in [0.5, 0.6) is 6.01 Å². The molecule has 0 radical (unpaired) electrons. The number of rotatable bonds is 6. The largest absolute Gasteiger partial charge is 0.460 e. The van der Waals surface area contributed by atoms with E-state index >= 15 is 0 Å². The number of aromatic nitrogens is 2. The second-order valence-corrected chi connectivity index (χ2v) is 6.13. The molecular weight excluding hydrogens is 272 g/mol. The van der Waals surface area contributed by atoms with Gasteiger partial charge in [-0.1, -0.05) is 30.3 Å². The van der Waals surface area contributed by atoms with Crippen LogP contribution in [-0.4, -0.2) is 27.3 Å². The maximum atomic E-state index is 9.56. The highest BCUT2D eigenvalue weighted by Crippen LogP contribution is 2.22. The van der Waals surface area contributed by atoms with E-state index in [-0.39, 0.29) is 12.6 Å². The molecule has 0 amide bonds. The van der Waals surface area contributed by atoms with E-state index in [2.05, 4.69) is 22.1 Å². The Balaban J connectivity index is 1.85. The molecule has 2 aromatic rings. The van der Waals surface area contributed by atoms with Crippen LogP contribution >= 0.6 is 11.8 Å². The van der Waals surface area contributed by atoms with Crippen molar-refractivity contribution in [2.24, 2.45) is 0 Å². The molecule has 20 heavy (non-hydrogen) atoms. The molecule has 1 aromatic heterocycles. The van der Waals surface area contributed by atoms with Crippen LogP contribution < -0.4 is 4.74 Å². The fraction of sp³-hybridized carbons (Fsp3) is 0.333. The summed E-state index contributed by atoms with van der Waals surface area (Å²) in [6.07, 6.45) is 3.47. The predicted molar refractivity (Wildman–Crippen MR) is 79.8 cm³/mol. The number of benzene rings is 1. The maximum Gasteiger partial charge on any atom is 0.316 e. The van der Waals surface area contributed by atoms with E-state index in [1.807, 2.05) is 18.2 Å². The van der Waals surface area contributed by atoms with Crippen molar-refractivity contribution >= 4 is 11.8 Å². The molecule has 0 aliphatic rings. The summed E-state index contributed by atoms with van der Waals surface area (Å²) < 4.78 is 5.31. The van der Waals surface area contributed by atoms with Gasteiger partial charge in [0.2, 0.25) is 0 Å². The summed E-state index contributed by atoms with van der Waals surface area (Å²) in [5, 5.41) is 9.56. The third-order valence-electron chi connectivity index (χ3n) is 2.41. The van der Waals surface area contributed by atoms with Gasteiger partial charge in [0.1, 0.15) is 6.61 Å². The fourth-order valence-corrected chi connectivity index (χ4v) is 2.22. The molecule has 1 aromatic carbocycles. The van der Waals surface area contributed by atoms with Gasteiger partial charge in [0.25, 0.3) is 0 Å².